The molecule has 6 heteroatoms. The summed E-state index contributed by atoms with van der Waals surface area (Å²) in [5.41, 5.74) is 0. The smallest absolute Gasteiger partial charge is 0.140 e. The highest BCUT2D eigenvalue weighted by molar-refractivity contribution is 9.10. The van der Waals surface area contributed by atoms with E-state index in [0.29, 0.717) is 0 Å². The lowest BCUT2D eigenvalue weighted by Gasteiger charge is -2.01. The molecule has 0 aliphatic heterocycles. The number of thiophene rings is 1. The second-order valence-corrected chi connectivity index (χ2v) is 5.05. The van der Waals surface area contributed by atoms with Crippen LogP contribution in [0, 0.1) is 0 Å². The molecular formula is C9H11BrN4S. The molecule has 0 bridgehead atoms. The molecule has 0 radical (unpaired) electrons. The van der Waals surface area contributed by atoms with Crippen molar-refractivity contribution < 1.29 is 0 Å². The number of nitrogens with zero attached hydrogens (tertiary/aromatic N) is 3. The van der Waals surface area contributed by atoms with Gasteiger partial charge in [-0.05, 0) is 22.0 Å². The van der Waals surface area contributed by atoms with Gasteiger partial charge in [-0.25, -0.2) is 4.98 Å². The molecule has 0 aliphatic rings. The third-order valence-corrected chi connectivity index (χ3v) is 3.71. The van der Waals surface area contributed by atoms with E-state index in [1.54, 1.807) is 22.3 Å². The molecule has 0 fully saturated rings. The van der Waals surface area contributed by atoms with Crippen LogP contribution in [0.3, 0.4) is 0 Å². The molecule has 0 saturated carbocycles. The molecule has 0 aliphatic carbocycles. The van der Waals surface area contributed by atoms with Crippen molar-refractivity contribution in [1.82, 2.24) is 20.1 Å². The minimum absolute atomic E-state index is 0.742. The summed E-state index contributed by atoms with van der Waals surface area (Å²) < 4.78 is 2.92. The van der Waals surface area contributed by atoms with Crippen molar-refractivity contribution in [2.24, 2.45) is 7.05 Å². The zero-order valence-electron chi connectivity index (χ0n) is 8.27. The van der Waals surface area contributed by atoms with E-state index in [4.69, 9.17) is 0 Å². The number of hydrogen-bond acceptors (Lipinski definition) is 4. The molecular weight excluding hydrogens is 276 g/mol. The van der Waals surface area contributed by atoms with E-state index in [-0.39, 0.29) is 0 Å². The highest BCUT2D eigenvalue weighted by Gasteiger charge is 2.00. The van der Waals surface area contributed by atoms with Crippen molar-refractivity contribution in [2.45, 2.75) is 13.1 Å². The molecule has 2 rings (SSSR count). The molecule has 80 valence electrons. The van der Waals surface area contributed by atoms with Crippen LogP contribution in [0.15, 0.2) is 22.2 Å². The van der Waals surface area contributed by atoms with Gasteiger partial charge in [0, 0.05) is 28.3 Å². The summed E-state index contributed by atoms with van der Waals surface area (Å²) in [5, 5.41) is 9.41. The lowest BCUT2D eigenvalue weighted by Crippen LogP contribution is -2.15. The predicted octanol–water partition coefficient (Wildman–Crippen LogP) is 1.93. The van der Waals surface area contributed by atoms with Crippen molar-refractivity contribution in [2.75, 3.05) is 0 Å². The number of aryl methyl sites for hydroxylation is 1. The monoisotopic (exact) mass is 286 g/mol. The Labute approximate surface area is 100 Å². The van der Waals surface area contributed by atoms with Crippen LogP contribution >= 0.6 is 27.3 Å². The number of nitrogens with one attached hydrogen (secondary N) is 1. The van der Waals surface area contributed by atoms with Gasteiger partial charge < -0.3 is 5.32 Å². The molecule has 15 heavy (non-hydrogen) atoms. The molecule has 0 atom stereocenters. The van der Waals surface area contributed by atoms with Crippen LogP contribution in [0.1, 0.15) is 10.7 Å². The fourth-order valence-corrected chi connectivity index (χ4v) is 2.64. The normalized spacial score (nSPS) is 10.8. The minimum atomic E-state index is 0.742. The van der Waals surface area contributed by atoms with Gasteiger partial charge >= 0.3 is 0 Å². The van der Waals surface area contributed by atoms with Crippen LogP contribution in [0.2, 0.25) is 0 Å². The first-order chi connectivity index (χ1) is 7.25. The van der Waals surface area contributed by atoms with Gasteiger partial charge in [-0.1, -0.05) is 0 Å². The largest absolute Gasteiger partial charge is 0.305 e. The maximum Gasteiger partial charge on any atom is 0.140 e. The summed E-state index contributed by atoms with van der Waals surface area (Å²) in [7, 11) is 1.89. The highest BCUT2D eigenvalue weighted by Crippen LogP contribution is 2.19. The first kappa shape index (κ1) is 10.8. The summed E-state index contributed by atoms with van der Waals surface area (Å²) in [5.74, 6) is 0.950. The van der Waals surface area contributed by atoms with Crippen molar-refractivity contribution in [1.29, 1.82) is 0 Å². The molecule has 0 amide bonds. The topological polar surface area (TPSA) is 42.7 Å². The van der Waals surface area contributed by atoms with Crippen LogP contribution in [-0.2, 0) is 20.1 Å². The molecule has 0 saturated heterocycles. The van der Waals surface area contributed by atoms with Gasteiger partial charge in [0.25, 0.3) is 0 Å². The molecule has 0 aromatic carbocycles. The van der Waals surface area contributed by atoms with Crippen LogP contribution in [0.5, 0.6) is 0 Å². The average Bonchev–Trinajstić information content (AvgIpc) is 2.77. The standard InChI is InChI=1S/C9H11BrN4S/c1-14-9(12-6-13-14)4-11-3-8-2-7(10)5-15-8/h2,5-6,11H,3-4H2,1H3. The lowest BCUT2D eigenvalue weighted by atomic mass is 10.4. The van der Waals surface area contributed by atoms with Crippen molar-refractivity contribution in [3.8, 4) is 0 Å². The summed E-state index contributed by atoms with van der Waals surface area (Å²) in [6, 6.07) is 2.12. The zero-order chi connectivity index (χ0) is 10.7. The molecule has 0 spiro atoms. The molecule has 1 N–H and O–H groups in total. The Kier molecular flexibility index (Phi) is 3.50. The minimum Gasteiger partial charge on any atom is -0.305 e. The van der Waals surface area contributed by atoms with Crippen LogP contribution in [-0.4, -0.2) is 14.8 Å². The molecule has 2 heterocycles. The third kappa shape index (κ3) is 2.87. The van der Waals surface area contributed by atoms with Crippen molar-refractivity contribution in [3.05, 3.63) is 32.9 Å². The predicted molar refractivity (Wildman–Crippen MR) is 63.6 cm³/mol. The quantitative estimate of drug-likeness (QED) is 0.934. The van der Waals surface area contributed by atoms with Gasteiger partial charge in [0.15, 0.2) is 0 Å². The Hall–Kier alpha value is -0.720. The molecule has 2 aromatic rings. The number of halogens is 1. The van der Waals surface area contributed by atoms with Gasteiger partial charge in [-0.3, -0.25) is 4.68 Å². The summed E-state index contributed by atoms with van der Waals surface area (Å²) >= 11 is 5.17. The fraction of sp³-hybridized carbons (Fsp3) is 0.333. The van der Waals surface area contributed by atoms with E-state index in [0.717, 1.165) is 23.4 Å². The van der Waals surface area contributed by atoms with Crippen molar-refractivity contribution >= 4 is 27.3 Å². The second kappa shape index (κ2) is 4.87. The molecule has 0 unspecified atom stereocenters. The second-order valence-electron chi connectivity index (χ2n) is 3.13. The molecule has 2 aromatic heterocycles. The summed E-state index contributed by atoms with van der Waals surface area (Å²) in [6.45, 7) is 1.61. The van der Waals surface area contributed by atoms with Gasteiger partial charge in [-0.2, -0.15) is 5.10 Å². The fourth-order valence-electron chi connectivity index (χ4n) is 1.22. The van der Waals surface area contributed by atoms with Gasteiger partial charge in [0.05, 0.1) is 6.54 Å². The van der Waals surface area contributed by atoms with E-state index < -0.39 is 0 Å². The Morgan fingerprint density at radius 2 is 2.40 bits per heavy atom. The summed E-state index contributed by atoms with van der Waals surface area (Å²) in [6.07, 6.45) is 1.57. The highest BCUT2D eigenvalue weighted by atomic mass is 79.9. The maximum atomic E-state index is 4.14. The van der Waals surface area contributed by atoms with Crippen molar-refractivity contribution in [3.63, 3.8) is 0 Å². The third-order valence-electron chi connectivity index (χ3n) is 2.01. The SMILES string of the molecule is Cn1ncnc1CNCc1cc(Br)cs1. The van der Waals surface area contributed by atoms with Crippen LogP contribution in [0.4, 0.5) is 0 Å². The van der Waals surface area contributed by atoms with Crippen LogP contribution in [0.25, 0.3) is 0 Å². The van der Waals surface area contributed by atoms with Gasteiger partial charge in [0.1, 0.15) is 12.2 Å². The average molecular weight is 287 g/mol. The Morgan fingerprint density at radius 1 is 1.53 bits per heavy atom. The Balaban J connectivity index is 1.83. The Bertz CT molecular complexity index is 437. The first-order valence-electron chi connectivity index (χ1n) is 4.52. The first-order valence-corrected chi connectivity index (χ1v) is 6.19. The van der Waals surface area contributed by atoms with Crippen LogP contribution < -0.4 is 5.32 Å². The van der Waals surface area contributed by atoms with E-state index in [2.05, 4.69) is 42.8 Å². The van der Waals surface area contributed by atoms with E-state index >= 15 is 0 Å². The number of rotatable bonds is 4. The van der Waals surface area contributed by atoms with Gasteiger partial charge in [-0.15, -0.1) is 11.3 Å². The number of aromatic nitrogens is 3. The molecule has 4 nitrogen and oxygen atoms in total. The lowest BCUT2D eigenvalue weighted by molar-refractivity contribution is 0.617. The maximum absolute atomic E-state index is 4.14. The van der Waals surface area contributed by atoms with E-state index in [1.165, 1.54) is 4.88 Å². The zero-order valence-corrected chi connectivity index (χ0v) is 10.7. The van der Waals surface area contributed by atoms with E-state index in [9.17, 15) is 0 Å². The van der Waals surface area contributed by atoms with E-state index in [1.807, 2.05) is 7.05 Å². The van der Waals surface area contributed by atoms with Gasteiger partial charge in [0.2, 0.25) is 0 Å². The summed E-state index contributed by atoms with van der Waals surface area (Å²) in [4.78, 5) is 5.44. The Morgan fingerprint density at radius 3 is 3.00 bits per heavy atom. The number of hydrogen-bond donors (Lipinski definition) is 1.